The fraction of sp³-hybridized carbons (Fsp3) is 1.00. The van der Waals surface area contributed by atoms with E-state index >= 15 is 0 Å². The van der Waals surface area contributed by atoms with Gasteiger partial charge in [0.1, 0.15) is 0 Å². The Balaban J connectivity index is 1.64. The summed E-state index contributed by atoms with van der Waals surface area (Å²) in [5.74, 6) is 0.785. The molecule has 2 aliphatic heterocycles. The zero-order chi connectivity index (χ0) is 11.2. The maximum atomic E-state index is 6.21. The third-order valence-electron chi connectivity index (χ3n) is 3.82. The van der Waals surface area contributed by atoms with E-state index in [9.17, 15) is 0 Å². The molecule has 2 fully saturated rings. The zero-order valence-corrected chi connectivity index (χ0v) is 10.2. The number of hydrogen-bond donors (Lipinski definition) is 1. The fourth-order valence-corrected chi connectivity index (χ4v) is 2.84. The lowest BCUT2D eigenvalue weighted by molar-refractivity contribution is 0.00398. The molecule has 3 nitrogen and oxygen atoms in total. The van der Waals surface area contributed by atoms with Crippen LogP contribution in [-0.2, 0) is 9.47 Å². The average molecular weight is 227 g/mol. The first kappa shape index (κ1) is 12.3. The number of ether oxygens (including phenoxy) is 2. The molecule has 0 amide bonds. The molecule has 2 rings (SSSR count). The topological polar surface area (TPSA) is 44.5 Å². The van der Waals surface area contributed by atoms with Crippen LogP contribution in [-0.4, -0.2) is 32.0 Å². The van der Waals surface area contributed by atoms with Gasteiger partial charge in [-0.05, 0) is 50.9 Å². The molecule has 2 heterocycles. The van der Waals surface area contributed by atoms with Crippen molar-refractivity contribution >= 4 is 0 Å². The molecule has 0 aromatic rings. The van der Waals surface area contributed by atoms with Gasteiger partial charge >= 0.3 is 0 Å². The van der Waals surface area contributed by atoms with Crippen LogP contribution < -0.4 is 5.73 Å². The lowest BCUT2D eigenvalue weighted by Gasteiger charge is -2.28. The summed E-state index contributed by atoms with van der Waals surface area (Å²) >= 11 is 0. The molecule has 2 unspecified atom stereocenters. The SMILES string of the molecule is NC(CC1CCOCC1)CC1CCCCO1. The Kier molecular flexibility index (Phi) is 5.07. The minimum absolute atomic E-state index is 0.325. The van der Waals surface area contributed by atoms with Gasteiger partial charge in [0.15, 0.2) is 0 Å². The van der Waals surface area contributed by atoms with E-state index in [1.54, 1.807) is 0 Å². The van der Waals surface area contributed by atoms with Crippen LogP contribution in [0.1, 0.15) is 44.9 Å². The van der Waals surface area contributed by atoms with Crippen LogP contribution in [0.4, 0.5) is 0 Å². The third kappa shape index (κ3) is 4.04. The summed E-state index contributed by atoms with van der Waals surface area (Å²) in [6.07, 6.45) is 8.78. The molecule has 0 bridgehead atoms. The van der Waals surface area contributed by atoms with Crippen LogP contribution in [0.5, 0.6) is 0 Å². The molecule has 0 aliphatic carbocycles. The summed E-state index contributed by atoms with van der Waals surface area (Å²) in [5.41, 5.74) is 6.21. The smallest absolute Gasteiger partial charge is 0.0589 e. The van der Waals surface area contributed by atoms with Gasteiger partial charge in [0.2, 0.25) is 0 Å². The average Bonchev–Trinajstić information content (AvgIpc) is 2.31. The van der Waals surface area contributed by atoms with Gasteiger partial charge in [-0.25, -0.2) is 0 Å². The van der Waals surface area contributed by atoms with Gasteiger partial charge in [-0.3, -0.25) is 0 Å². The summed E-state index contributed by atoms with van der Waals surface area (Å²) in [6, 6.07) is 0.325. The van der Waals surface area contributed by atoms with Gasteiger partial charge in [0.25, 0.3) is 0 Å². The first-order chi connectivity index (χ1) is 7.84. The molecule has 2 atom stereocenters. The van der Waals surface area contributed by atoms with Crippen molar-refractivity contribution in [3.05, 3.63) is 0 Å². The van der Waals surface area contributed by atoms with Crippen LogP contribution in [0.3, 0.4) is 0 Å². The Labute approximate surface area is 98.7 Å². The molecular formula is C13H25NO2. The predicted molar refractivity (Wildman–Crippen MR) is 64.3 cm³/mol. The largest absolute Gasteiger partial charge is 0.381 e. The highest BCUT2D eigenvalue weighted by Crippen LogP contribution is 2.23. The summed E-state index contributed by atoms with van der Waals surface area (Å²) < 4.78 is 11.1. The van der Waals surface area contributed by atoms with Gasteiger partial charge in [-0.15, -0.1) is 0 Å². The van der Waals surface area contributed by atoms with Crippen LogP contribution in [0, 0.1) is 5.92 Å². The molecule has 0 radical (unpaired) electrons. The van der Waals surface area contributed by atoms with Crippen molar-refractivity contribution in [1.82, 2.24) is 0 Å². The summed E-state index contributed by atoms with van der Waals surface area (Å²) in [5, 5.41) is 0. The lowest BCUT2D eigenvalue weighted by Crippen LogP contribution is -2.32. The van der Waals surface area contributed by atoms with Crippen LogP contribution >= 0.6 is 0 Å². The number of hydrogen-bond acceptors (Lipinski definition) is 3. The Morgan fingerprint density at radius 3 is 2.50 bits per heavy atom. The maximum Gasteiger partial charge on any atom is 0.0589 e. The molecule has 94 valence electrons. The molecule has 2 saturated heterocycles. The van der Waals surface area contributed by atoms with Crippen molar-refractivity contribution in [3.8, 4) is 0 Å². The second kappa shape index (κ2) is 6.58. The minimum Gasteiger partial charge on any atom is -0.381 e. The highest BCUT2D eigenvalue weighted by Gasteiger charge is 2.21. The molecule has 0 aromatic carbocycles. The van der Waals surface area contributed by atoms with E-state index < -0.39 is 0 Å². The molecule has 2 aliphatic rings. The first-order valence-corrected chi connectivity index (χ1v) is 6.79. The second-order valence-electron chi connectivity index (χ2n) is 5.28. The van der Waals surface area contributed by atoms with E-state index in [-0.39, 0.29) is 0 Å². The minimum atomic E-state index is 0.325. The van der Waals surface area contributed by atoms with E-state index in [0.29, 0.717) is 12.1 Å². The molecule has 0 saturated carbocycles. The Hall–Kier alpha value is -0.120. The van der Waals surface area contributed by atoms with Crippen molar-refractivity contribution in [1.29, 1.82) is 0 Å². The van der Waals surface area contributed by atoms with E-state index in [4.69, 9.17) is 15.2 Å². The number of nitrogens with two attached hydrogens (primary N) is 1. The van der Waals surface area contributed by atoms with E-state index in [2.05, 4.69) is 0 Å². The highest BCUT2D eigenvalue weighted by atomic mass is 16.5. The summed E-state index contributed by atoms with van der Waals surface area (Å²) in [7, 11) is 0. The molecular weight excluding hydrogens is 202 g/mol. The van der Waals surface area contributed by atoms with Crippen molar-refractivity contribution in [3.63, 3.8) is 0 Å². The first-order valence-electron chi connectivity index (χ1n) is 6.79. The second-order valence-corrected chi connectivity index (χ2v) is 5.28. The Morgan fingerprint density at radius 2 is 1.81 bits per heavy atom. The molecule has 3 heteroatoms. The molecule has 16 heavy (non-hydrogen) atoms. The fourth-order valence-electron chi connectivity index (χ4n) is 2.84. The normalized spacial score (nSPS) is 30.2. The van der Waals surface area contributed by atoms with Crippen molar-refractivity contribution in [2.75, 3.05) is 19.8 Å². The van der Waals surface area contributed by atoms with Gasteiger partial charge < -0.3 is 15.2 Å². The van der Waals surface area contributed by atoms with Crippen LogP contribution in [0.15, 0.2) is 0 Å². The van der Waals surface area contributed by atoms with Crippen LogP contribution in [0.2, 0.25) is 0 Å². The zero-order valence-electron chi connectivity index (χ0n) is 10.2. The Bertz CT molecular complexity index is 166. The van der Waals surface area contributed by atoms with Gasteiger partial charge in [-0.2, -0.15) is 0 Å². The predicted octanol–water partition coefficient (Wildman–Crippen LogP) is 2.09. The van der Waals surface area contributed by atoms with Crippen molar-refractivity contribution in [2.45, 2.75) is 57.1 Å². The standard InChI is InChI=1S/C13H25NO2/c14-12(9-11-4-7-15-8-5-11)10-13-3-1-2-6-16-13/h11-13H,1-10,14H2. The number of rotatable bonds is 4. The van der Waals surface area contributed by atoms with Crippen molar-refractivity contribution in [2.24, 2.45) is 11.7 Å². The molecule has 0 spiro atoms. The monoisotopic (exact) mass is 227 g/mol. The molecule has 0 aromatic heterocycles. The van der Waals surface area contributed by atoms with Gasteiger partial charge in [-0.1, -0.05) is 0 Å². The molecule has 2 N–H and O–H groups in total. The highest BCUT2D eigenvalue weighted by molar-refractivity contribution is 4.75. The maximum absolute atomic E-state index is 6.21. The van der Waals surface area contributed by atoms with Gasteiger partial charge in [0, 0.05) is 25.9 Å². The van der Waals surface area contributed by atoms with E-state index in [0.717, 1.165) is 38.6 Å². The lowest BCUT2D eigenvalue weighted by atomic mass is 9.90. The van der Waals surface area contributed by atoms with Crippen molar-refractivity contribution < 1.29 is 9.47 Å². The summed E-state index contributed by atoms with van der Waals surface area (Å²) in [4.78, 5) is 0. The Morgan fingerprint density at radius 1 is 1.00 bits per heavy atom. The van der Waals surface area contributed by atoms with Crippen LogP contribution in [0.25, 0.3) is 0 Å². The van der Waals surface area contributed by atoms with Gasteiger partial charge in [0.05, 0.1) is 6.10 Å². The third-order valence-corrected chi connectivity index (χ3v) is 3.82. The van der Waals surface area contributed by atoms with E-state index in [1.807, 2.05) is 0 Å². The van der Waals surface area contributed by atoms with E-state index in [1.165, 1.54) is 32.1 Å². The summed E-state index contributed by atoms with van der Waals surface area (Å²) in [6.45, 7) is 2.79. The quantitative estimate of drug-likeness (QED) is 0.800.